The Morgan fingerprint density at radius 2 is 2.00 bits per heavy atom. The molecule has 0 unspecified atom stereocenters. The number of ether oxygens (including phenoxy) is 1. The first-order valence-electron chi connectivity index (χ1n) is 6.82. The average molecular weight is 313 g/mol. The van der Waals surface area contributed by atoms with Crippen LogP contribution in [0, 0.1) is 0 Å². The highest BCUT2D eigenvalue weighted by Crippen LogP contribution is 2.20. The number of methoxy groups -OCH3 is 1. The van der Waals surface area contributed by atoms with Crippen LogP contribution in [0.15, 0.2) is 53.8 Å². The third kappa shape index (κ3) is 3.43. The van der Waals surface area contributed by atoms with E-state index >= 15 is 0 Å². The highest BCUT2D eigenvalue weighted by molar-refractivity contribution is 7.99. The molecule has 0 N–H and O–H groups in total. The summed E-state index contributed by atoms with van der Waals surface area (Å²) in [7, 11) is 1.64. The van der Waals surface area contributed by atoms with Crippen molar-refractivity contribution in [1.82, 2.24) is 25.2 Å². The van der Waals surface area contributed by atoms with Crippen molar-refractivity contribution < 1.29 is 4.74 Å². The number of benzene rings is 1. The van der Waals surface area contributed by atoms with E-state index in [0.29, 0.717) is 0 Å². The zero-order chi connectivity index (χ0) is 15.2. The molecule has 0 spiro atoms. The number of tetrazole rings is 1. The molecule has 3 aromatic rings. The van der Waals surface area contributed by atoms with Crippen LogP contribution >= 0.6 is 11.8 Å². The lowest BCUT2D eigenvalue weighted by atomic mass is 10.3. The van der Waals surface area contributed by atoms with Crippen molar-refractivity contribution >= 4 is 11.8 Å². The van der Waals surface area contributed by atoms with Crippen LogP contribution in [0.4, 0.5) is 0 Å². The summed E-state index contributed by atoms with van der Waals surface area (Å²) in [6, 6.07) is 13.6. The molecule has 2 aromatic heterocycles. The molecule has 6 nitrogen and oxygen atoms in total. The van der Waals surface area contributed by atoms with Crippen molar-refractivity contribution in [3.05, 3.63) is 54.4 Å². The Bertz CT molecular complexity index is 714. The third-order valence-corrected chi connectivity index (χ3v) is 3.99. The van der Waals surface area contributed by atoms with Gasteiger partial charge in [-0.2, -0.15) is 4.68 Å². The summed E-state index contributed by atoms with van der Waals surface area (Å²) in [5, 5.41) is 12.7. The first-order valence-corrected chi connectivity index (χ1v) is 7.81. The lowest BCUT2D eigenvalue weighted by molar-refractivity contribution is 0.414. The third-order valence-electron chi connectivity index (χ3n) is 3.07. The first-order chi connectivity index (χ1) is 10.9. The van der Waals surface area contributed by atoms with Crippen LogP contribution in [0.5, 0.6) is 5.75 Å². The predicted octanol–water partition coefficient (Wildman–Crippen LogP) is 2.40. The number of rotatable bonds is 6. The SMILES string of the molecule is COc1ccc(-n2nnnc2SCCc2ccccn2)cc1. The summed E-state index contributed by atoms with van der Waals surface area (Å²) >= 11 is 1.61. The van der Waals surface area contributed by atoms with Crippen LogP contribution in [0.2, 0.25) is 0 Å². The molecule has 0 saturated carbocycles. The molecule has 0 aliphatic heterocycles. The van der Waals surface area contributed by atoms with Crippen molar-refractivity contribution in [2.24, 2.45) is 0 Å². The molecule has 22 heavy (non-hydrogen) atoms. The minimum atomic E-state index is 0.765. The smallest absolute Gasteiger partial charge is 0.214 e. The highest BCUT2D eigenvalue weighted by Gasteiger charge is 2.09. The zero-order valence-electron chi connectivity index (χ0n) is 12.1. The second kappa shape index (κ2) is 7.04. The van der Waals surface area contributed by atoms with Crippen LogP contribution in [0.3, 0.4) is 0 Å². The Balaban J connectivity index is 1.66. The fraction of sp³-hybridized carbons (Fsp3) is 0.200. The van der Waals surface area contributed by atoms with E-state index in [1.807, 2.05) is 42.5 Å². The van der Waals surface area contributed by atoms with Crippen LogP contribution in [0.25, 0.3) is 5.69 Å². The Morgan fingerprint density at radius 3 is 2.73 bits per heavy atom. The van der Waals surface area contributed by atoms with E-state index in [4.69, 9.17) is 4.74 Å². The molecule has 0 amide bonds. The first kappa shape index (κ1) is 14.5. The highest BCUT2D eigenvalue weighted by atomic mass is 32.2. The van der Waals surface area contributed by atoms with Crippen LogP contribution in [0.1, 0.15) is 5.69 Å². The van der Waals surface area contributed by atoms with Crippen molar-refractivity contribution in [3.8, 4) is 11.4 Å². The maximum atomic E-state index is 5.16. The quantitative estimate of drug-likeness (QED) is 0.651. The van der Waals surface area contributed by atoms with Gasteiger partial charge in [-0.05, 0) is 53.2 Å². The van der Waals surface area contributed by atoms with E-state index in [0.717, 1.165) is 34.5 Å². The second-order valence-electron chi connectivity index (χ2n) is 4.49. The van der Waals surface area contributed by atoms with Gasteiger partial charge in [0.25, 0.3) is 0 Å². The van der Waals surface area contributed by atoms with Gasteiger partial charge in [-0.1, -0.05) is 17.8 Å². The van der Waals surface area contributed by atoms with Crippen molar-refractivity contribution in [2.45, 2.75) is 11.6 Å². The van der Waals surface area contributed by atoms with Gasteiger partial charge in [-0.3, -0.25) is 4.98 Å². The van der Waals surface area contributed by atoms with Gasteiger partial charge in [0, 0.05) is 17.6 Å². The zero-order valence-corrected chi connectivity index (χ0v) is 12.9. The van der Waals surface area contributed by atoms with Gasteiger partial charge >= 0.3 is 0 Å². The van der Waals surface area contributed by atoms with Gasteiger partial charge in [-0.15, -0.1) is 5.10 Å². The summed E-state index contributed by atoms with van der Waals surface area (Å²) in [4.78, 5) is 4.31. The molecule has 0 aliphatic rings. The maximum Gasteiger partial charge on any atom is 0.214 e. The van der Waals surface area contributed by atoms with Gasteiger partial charge < -0.3 is 4.74 Å². The summed E-state index contributed by atoms with van der Waals surface area (Å²) in [5.74, 6) is 1.68. The molecule has 0 saturated heterocycles. The molecule has 0 fully saturated rings. The number of aromatic nitrogens is 5. The maximum absolute atomic E-state index is 5.16. The molecule has 7 heteroatoms. The van der Waals surface area contributed by atoms with Crippen molar-refractivity contribution in [2.75, 3.05) is 12.9 Å². The number of nitrogens with zero attached hydrogens (tertiary/aromatic N) is 5. The van der Waals surface area contributed by atoms with E-state index in [2.05, 4.69) is 20.5 Å². The molecule has 2 heterocycles. The molecular weight excluding hydrogens is 298 g/mol. The number of pyridine rings is 1. The Hall–Kier alpha value is -2.41. The van der Waals surface area contributed by atoms with Crippen molar-refractivity contribution in [1.29, 1.82) is 0 Å². The lowest BCUT2D eigenvalue weighted by Gasteiger charge is -2.05. The van der Waals surface area contributed by atoms with E-state index in [9.17, 15) is 0 Å². The number of thioether (sulfide) groups is 1. The fourth-order valence-electron chi connectivity index (χ4n) is 1.95. The van der Waals surface area contributed by atoms with Gasteiger partial charge in [0.15, 0.2) is 0 Å². The Morgan fingerprint density at radius 1 is 1.14 bits per heavy atom. The van der Waals surface area contributed by atoms with Crippen molar-refractivity contribution in [3.63, 3.8) is 0 Å². The molecule has 3 rings (SSSR count). The lowest BCUT2D eigenvalue weighted by Crippen LogP contribution is -2.00. The fourth-order valence-corrected chi connectivity index (χ4v) is 2.80. The normalized spacial score (nSPS) is 10.6. The van der Waals surface area contributed by atoms with E-state index < -0.39 is 0 Å². The summed E-state index contributed by atoms with van der Waals surface area (Å²) < 4.78 is 6.88. The second-order valence-corrected chi connectivity index (χ2v) is 5.55. The minimum Gasteiger partial charge on any atom is -0.497 e. The molecule has 0 atom stereocenters. The van der Waals surface area contributed by atoms with Gasteiger partial charge in [0.2, 0.25) is 5.16 Å². The molecular formula is C15H15N5OS. The molecule has 0 bridgehead atoms. The van der Waals surface area contributed by atoms with Crippen LogP contribution < -0.4 is 4.74 Å². The summed E-state index contributed by atoms with van der Waals surface area (Å²) in [5.41, 5.74) is 1.98. The summed E-state index contributed by atoms with van der Waals surface area (Å²) in [6.07, 6.45) is 2.68. The van der Waals surface area contributed by atoms with E-state index in [1.165, 1.54) is 0 Å². The van der Waals surface area contributed by atoms with Gasteiger partial charge in [0.05, 0.1) is 12.8 Å². The number of hydrogen-bond donors (Lipinski definition) is 0. The minimum absolute atomic E-state index is 0.765. The monoisotopic (exact) mass is 313 g/mol. The standard InChI is InChI=1S/C15H15N5OS/c1-21-14-7-5-13(6-8-14)20-15(17-18-19-20)22-11-9-12-4-2-3-10-16-12/h2-8,10H,9,11H2,1H3. The van der Waals surface area contributed by atoms with E-state index in [-0.39, 0.29) is 0 Å². The Labute approximate surface area is 132 Å². The topological polar surface area (TPSA) is 65.7 Å². The number of aryl methyl sites for hydroxylation is 1. The molecule has 0 radical (unpaired) electrons. The predicted molar refractivity (Wildman–Crippen MR) is 84.4 cm³/mol. The van der Waals surface area contributed by atoms with Gasteiger partial charge in [0.1, 0.15) is 5.75 Å². The van der Waals surface area contributed by atoms with E-state index in [1.54, 1.807) is 29.8 Å². The molecule has 0 aliphatic carbocycles. The number of hydrogen-bond acceptors (Lipinski definition) is 6. The average Bonchev–Trinajstić information content (AvgIpc) is 3.04. The summed E-state index contributed by atoms with van der Waals surface area (Å²) in [6.45, 7) is 0. The molecule has 112 valence electrons. The Kier molecular flexibility index (Phi) is 4.65. The largest absolute Gasteiger partial charge is 0.497 e. The molecule has 1 aromatic carbocycles. The van der Waals surface area contributed by atoms with Gasteiger partial charge in [-0.25, -0.2) is 0 Å². The van der Waals surface area contributed by atoms with Crippen LogP contribution in [-0.2, 0) is 6.42 Å². The van der Waals surface area contributed by atoms with Crippen LogP contribution in [-0.4, -0.2) is 38.1 Å².